The fourth-order valence-electron chi connectivity index (χ4n) is 2.03. The number of anilines is 1. The average molecular weight is 365 g/mol. The third kappa shape index (κ3) is 5.99. The van der Waals surface area contributed by atoms with Crippen molar-refractivity contribution in [3.8, 4) is 0 Å². The number of carbonyl (C=O) groups excluding carboxylic acids is 1. The summed E-state index contributed by atoms with van der Waals surface area (Å²) >= 11 is 5.71. The molecule has 8 heteroatoms. The summed E-state index contributed by atoms with van der Waals surface area (Å²) < 4.78 is 38.2. The van der Waals surface area contributed by atoms with Crippen molar-refractivity contribution in [3.63, 3.8) is 0 Å². The summed E-state index contributed by atoms with van der Waals surface area (Å²) in [6.07, 6.45) is 2.95. The predicted octanol–water partition coefficient (Wildman–Crippen LogP) is 2.89. The van der Waals surface area contributed by atoms with E-state index >= 15 is 0 Å². The highest BCUT2D eigenvalue weighted by atomic mass is 35.5. The van der Waals surface area contributed by atoms with Crippen molar-refractivity contribution >= 4 is 33.2 Å². The lowest BCUT2D eigenvalue weighted by Crippen LogP contribution is -2.35. The van der Waals surface area contributed by atoms with Crippen LogP contribution in [0.25, 0.3) is 0 Å². The van der Waals surface area contributed by atoms with Gasteiger partial charge in [0.25, 0.3) is 0 Å². The standard InChI is InChI=1S/C15H22ClFN2O3S/c1-4-5-9-18(2)15(20)8-10-19(23(3,21)22)12-6-7-14(17)13(16)11-12/h6-7,11H,4-5,8-10H2,1-3H3. The first-order valence-corrected chi connectivity index (χ1v) is 9.56. The minimum absolute atomic E-state index is 0.0178. The SMILES string of the molecule is CCCCN(C)C(=O)CCN(c1ccc(F)c(Cl)c1)S(C)(=O)=O. The summed E-state index contributed by atoms with van der Waals surface area (Å²) in [4.78, 5) is 13.6. The van der Waals surface area contributed by atoms with Crippen LogP contribution in [0.15, 0.2) is 18.2 Å². The maximum Gasteiger partial charge on any atom is 0.232 e. The zero-order chi connectivity index (χ0) is 17.6. The Kier molecular flexibility index (Phi) is 7.28. The largest absolute Gasteiger partial charge is 0.346 e. The van der Waals surface area contributed by atoms with Crippen molar-refractivity contribution in [2.24, 2.45) is 0 Å². The molecule has 1 rings (SSSR count). The van der Waals surface area contributed by atoms with E-state index in [1.807, 2.05) is 6.92 Å². The van der Waals surface area contributed by atoms with Crippen LogP contribution in [0.1, 0.15) is 26.2 Å². The second-order valence-electron chi connectivity index (χ2n) is 5.35. The molecule has 0 unspecified atom stereocenters. The third-order valence-corrected chi connectivity index (χ3v) is 4.88. The zero-order valence-electron chi connectivity index (χ0n) is 13.6. The lowest BCUT2D eigenvalue weighted by Gasteiger charge is -2.24. The molecule has 23 heavy (non-hydrogen) atoms. The molecule has 1 aromatic rings. The van der Waals surface area contributed by atoms with E-state index in [9.17, 15) is 17.6 Å². The lowest BCUT2D eigenvalue weighted by atomic mass is 10.2. The van der Waals surface area contributed by atoms with Gasteiger partial charge in [-0.3, -0.25) is 9.10 Å². The first-order valence-electron chi connectivity index (χ1n) is 7.33. The molecule has 0 radical (unpaired) electrons. The first kappa shape index (κ1) is 19.7. The molecule has 0 atom stereocenters. The number of hydrogen-bond donors (Lipinski definition) is 0. The normalized spacial score (nSPS) is 11.3. The van der Waals surface area contributed by atoms with Gasteiger partial charge in [-0.15, -0.1) is 0 Å². The smallest absolute Gasteiger partial charge is 0.232 e. The van der Waals surface area contributed by atoms with Crippen LogP contribution >= 0.6 is 11.6 Å². The minimum atomic E-state index is -3.60. The summed E-state index contributed by atoms with van der Waals surface area (Å²) in [5, 5.41) is -0.164. The number of sulfonamides is 1. The van der Waals surface area contributed by atoms with Crippen molar-refractivity contribution in [2.45, 2.75) is 26.2 Å². The van der Waals surface area contributed by atoms with Crippen LogP contribution in [0, 0.1) is 5.82 Å². The average Bonchev–Trinajstić information content (AvgIpc) is 2.46. The van der Waals surface area contributed by atoms with Gasteiger partial charge in [-0.05, 0) is 24.6 Å². The van der Waals surface area contributed by atoms with E-state index < -0.39 is 15.8 Å². The van der Waals surface area contributed by atoms with Gasteiger partial charge in [0, 0.05) is 26.6 Å². The maximum atomic E-state index is 13.2. The van der Waals surface area contributed by atoms with E-state index in [1.54, 1.807) is 11.9 Å². The van der Waals surface area contributed by atoms with Gasteiger partial charge in [-0.1, -0.05) is 24.9 Å². The van der Waals surface area contributed by atoms with Gasteiger partial charge in [-0.2, -0.15) is 0 Å². The van der Waals surface area contributed by atoms with Gasteiger partial charge >= 0.3 is 0 Å². The van der Waals surface area contributed by atoms with Gasteiger partial charge < -0.3 is 4.90 Å². The molecule has 0 N–H and O–H groups in total. The van der Waals surface area contributed by atoms with Crippen LogP contribution in [0.5, 0.6) is 0 Å². The van der Waals surface area contributed by atoms with E-state index in [1.165, 1.54) is 12.1 Å². The van der Waals surface area contributed by atoms with Gasteiger partial charge in [0.1, 0.15) is 5.82 Å². The van der Waals surface area contributed by atoms with Crippen LogP contribution < -0.4 is 4.31 Å². The molecule has 0 saturated heterocycles. The minimum Gasteiger partial charge on any atom is -0.346 e. The Bertz CT molecular complexity index is 652. The number of hydrogen-bond acceptors (Lipinski definition) is 3. The predicted molar refractivity (Wildman–Crippen MR) is 90.8 cm³/mol. The molecule has 0 bridgehead atoms. The van der Waals surface area contributed by atoms with Crippen LogP contribution in [0.4, 0.5) is 10.1 Å². The molecule has 0 aromatic heterocycles. The topological polar surface area (TPSA) is 57.7 Å². The zero-order valence-corrected chi connectivity index (χ0v) is 15.1. The van der Waals surface area contributed by atoms with Crippen molar-refractivity contribution in [2.75, 3.05) is 30.7 Å². The Balaban J connectivity index is 2.85. The molecule has 0 fully saturated rings. The van der Waals surface area contributed by atoms with Crippen LogP contribution in [0.3, 0.4) is 0 Å². The number of amides is 1. The van der Waals surface area contributed by atoms with Crippen LogP contribution in [0.2, 0.25) is 5.02 Å². The van der Waals surface area contributed by atoms with E-state index in [0.29, 0.717) is 6.54 Å². The fraction of sp³-hybridized carbons (Fsp3) is 0.533. The second kappa shape index (κ2) is 8.49. The molecular formula is C15H22ClFN2O3S. The molecule has 0 aliphatic heterocycles. The Morgan fingerprint density at radius 3 is 2.48 bits per heavy atom. The summed E-state index contributed by atoms with van der Waals surface area (Å²) in [7, 11) is -1.91. The van der Waals surface area contributed by atoms with Crippen molar-refractivity contribution < 1.29 is 17.6 Å². The molecule has 0 aliphatic carbocycles. The summed E-state index contributed by atoms with van der Waals surface area (Å²) in [5.41, 5.74) is 0.239. The molecule has 0 saturated carbocycles. The molecule has 0 spiro atoms. The highest BCUT2D eigenvalue weighted by Gasteiger charge is 2.20. The number of rotatable bonds is 8. The van der Waals surface area contributed by atoms with Crippen LogP contribution in [-0.2, 0) is 14.8 Å². The Morgan fingerprint density at radius 1 is 1.30 bits per heavy atom. The molecule has 130 valence electrons. The van der Waals surface area contributed by atoms with E-state index in [2.05, 4.69) is 0 Å². The summed E-state index contributed by atoms with van der Waals surface area (Å²) in [5.74, 6) is -0.764. The van der Waals surface area contributed by atoms with Gasteiger partial charge in [0.2, 0.25) is 15.9 Å². The number of benzene rings is 1. The monoisotopic (exact) mass is 364 g/mol. The van der Waals surface area contributed by atoms with Gasteiger partial charge in [0.15, 0.2) is 0 Å². The van der Waals surface area contributed by atoms with Crippen LogP contribution in [-0.4, -0.2) is 45.6 Å². The second-order valence-corrected chi connectivity index (χ2v) is 7.67. The first-order chi connectivity index (χ1) is 10.7. The number of halogens is 2. The fourth-order valence-corrected chi connectivity index (χ4v) is 3.13. The Labute approximate surface area is 142 Å². The van der Waals surface area contributed by atoms with E-state index in [0.717, 1.165) is 29.5 Å². The van der Waals surface area contributed by atoms with Crippen molar-refractivity contribution in [1.82, 2.24) is 4.90 Å². The van der Waals surface area contributed by atoms with Gasteiger partial charge in [-0.25, -0.2) is 12.8 Å². The number of nitrogens with zero attached hydrogens (tertiary/aromatic N) is 2. The van der Waals surface area contributed by atoms with Gasteiger partial charge in [0.05, 0.1) is 17.0 Å². The highest BCUT2D eigenvalue weighted by Crippen LogP contribution is 2.24. The van der Waals surface area contributed by atoms with Crippen molar-refractivity contribution in [3.05, 3.63) is 29.0 Å². The maximum absolute atomic E-state index is 13.2. The molecule has 1 aromatic carbocycles. The molecular weight excluding hydrogens is 343 g/mol. The highest BCUT2D eigenvalue weighted by molar-refractivity contribution is 7.92. The Hall–Kier alpha value is -1.34. The summed E-state index contributed by atoms with van der Waals surface area (Å²) in [6.45, 7) is 2.65. The quantitative estimate of drug-likeness (QED) is 0.712. The lowest BCUT2D eigenvalue weighted by molar-refractivity contribution is -0.129. The molecule has 0 heterocycles. The Morgan fingerprint density at radius 2 is 1.96 bits per heavy atom. The molecule has 5 nitrogen and oxygen atoms in total. The van der Waals surface area contributed by atoms with E-state index in [-0.39, 0.29) is 29.6 Å². The molecule has 1 amide bonds. The van der Waals surface area contributed by atoms with Crippen molar-refractivity contribution in [1.29, 1.82) is 0 Å². The number of unbranched alkanes of at least 4 members (excludes halogenated alkanes) is 1. The number of carbonyl (C=O) groups is 1. The summed E-state index contributed by atoms with van der Waals surface area (Å²) in [6, 6.07) is 3.67. The third-order valence-electron chi connectivity index (χ3n) is 3.39. The van der Waals surface area contributed by atoms with E-state index in [4.69, 9.17) is 11.6 Å². The molecule has 0 aliphatic rings.